The van der Waals surface area contributed by atoms with Crippen molar-refractivity contribution in [3.8, 4) is 0 Å². The molecule has 1 atom stereocenters. The van der Waals surface area contributed by atoms with E-state index in [2.05, 4.69) is 20.5 Å². The van der Waals surface area contributed by atoms with Crippen molar-refractivity contribution in [1.82, 2.24) is 15.2 Å². The Labute approximate surface area is 138 Å². The summed E-state index contributed by atoms with van der Waals surface area (Å²) in [4.78, 5) is 18.7. The van der Waals surface area contributed by atoms with Crippen molar-refractivity contribution in [2.45, 2.75) is 44.6 Å². The molecular weight excluding hydrogens is 288 g/mol. The number of hydrogen-bond donors (Lipinski definition) is 2. The molecule has 1 aromatic heterocycles. The molecule has 1 saturated heterocycles. The van der Waals surface area contributed by atoms with Gasteiger partial charge in [-0.2, -0.15) is 0 Å². The van der Waals surface area contributed by atoms with E-state index in [9.17, 15) is 4.79 Å². The maximum Gasteiger partial charge on any atom is 0.221 e. The normalized spacial score (nSPS) is 22.3. The van der Waals surface area contributed by atoms with Crippen LogP contribution in [0.2, 0.25) is 0 Å². The SMILES string of the molecule is O=C(CCN1CCC(CNc2ccccn2)C1)NC1CCCC1. The molecule has 2 N–H and O–H groups in total. The van der Waals surface area contributed by atoms with Crippen LogP contribution in [0, 0.1) is 5.92 Å². The Morgan fingerprint density at radius 3 is 2.91 bits per heavy atom. The van der Waals surface area contributed by atoms with Gasteiger partial charge in [0.15, 0.2) is 0 Å². The molecule has 5 nitrogen and oxygen atoms in total. The van der Waals surface area contributed by atoms with Gasteiger partial charge in [-0.15, -0.1) is 0 Å². The van der Waals surface area contributed by atoms with E-state index in [0.29, 0.717) is 18.4 Å². The number of aromatic nitrogens is 1. The van der Waals surface area contributed by atoms with Crippen LogP contribution in [-0.4, -0.2) is 48.0 Å². The Morgan fingerprint density at radius 1 is 1.26 bits per heavy atom. The van der Waals surface area contributed by atoms with E-state index in [1.807, 2.05) is 24.4 Å². The fraction of sp³-hybridized carbons (Fsp3) is 0.667. The highest BCUT2D eigenvalue weighted by molar-refractivity contribution is 5.76. The number of carbonyl (C=O) groups is 1. The summed E-state index contributed by atoms with van der Waals surface area (Å²) in [5.41, 5.74) is 0. The van der Waals surface area contributed by atoms with Gasteiger partial charge in [0.1, 0.15) is 5.82 Å². The summed E-state index contributed by atoms with van der Waals surface area (Å²) >= 11 is 0. The minimum atomic E-state index is 0.229. The zero-order valence-electron chi connectivity index (χ0n) is 13.8. The number of nitrogens with one attached hydrogen (secondary N) is 2. The molecule has 1 saturated carbocycles. The van der Waals surface area contributed by atoms with Crippen LogP contribution in [0.25, 0.3) is 0 Å². The lowest BCUT2D eigenvalue weighted by atomic mass is 10.1. The summed E-state index contributed by atoms with van der Waals surface area (Å²) in [5, 5.41) is 6.58. The Morgan fingerprint density at radius 2 is 2.13 bits per heavy atom. The molecule has 126 valence electrons. The van der Waals surface area contributed by atoms with Crippen LogP contribution in [0.3, 0.4) is 0 Å². The number of carbonyl (C=O) groups excluding carboxylic acids is 1. The Kier molecular flexibility index (Phi) is 5.86. The van der Waals surface area contributed by atoms with E-state index in [0.717, 1.165) is 44.8 Å². The molecule has 1 aliphatic heterocycles. The summed E-state index contributed by atoms with van der Waals surface area (Å²) in [6.45, 7) is 4.03. The molecular formula is C18H28N4O. The highest BCUT2D eigenvalue weighted by atomic mass is 16.1. The van der Waals surface area contributed by atoms with Crippen molar-refractivity contribution >= 4 is 11.7 Å². The Bertz CT molecular complexity index is 487. The molecule has 5 heteroatoms. The molecule has 1 amide bonds. The van der Waals surface area contributed by atoms with Crippen molar-refractivity contribution in [2.24, 2.45) is 5.92 Å². The monoisotopic (exact) mass is 316 g/mol. The fourth-order valence-electron chi connectivity index (χ4n) is 3.63. The second-order valence-electron chi connectivity index (χ2n) is 6.85. The second kappa shape index (κ2) is 8.29. The topological polar surface area (TPSA) is 57.3 Å². The number of anilines is 1. The second-order valence-corrected chi connectivity index (χ2v) is 6.85. The maximum atomic E-state index is 12.0. The van der Waals surface area contributed by atoms with E-state index >= 15 is 0 Å². The van der Waals surface area contributed by atoms with Crippen molar-refractivity contribution in [2.75, 3.05) is 31.5 Å². The molecule has 0 aromatic carbocycles. The van der Waals surface area contributed by atoms with Gasteiger partial charge in [0.05, 0.1) is 0 Å². The van der Waals surface area contributed by atoms with E-state index in [1.165, 1.54) is 19.3 Å². The quantitative estimate of drug-likeness (QED) is 0.810. The van der Waals surface area contributed by atoms with Gasteiger partial charge in [-0.25, -0.2) is 4.98 Å². The molecule has 23 heavy (non-hydrogen) atoms. The predicted octanol–water partition coefficient (Wildman–Crippen LogP) is 2.26. The number of pyridine rings is 1. The summed E-state index contributed by atoms with van der Waals surface area (Å²) < 4.78 is 0. The third-order valence-corrected chi connectivity index (χ3v) is 4.98. The van der Waals surface area contributed by atoms with Crippen LogP contribution >= 0.6 is 0 Å². The standard InChI is InChI=1S/C18H28N4O/c23-18(21-16-5-1-2-6-16)9-12-22-11-8-15(14-22)13-20-17-7-3-4-10-19-17/h3-4,7,10,15-16H,1-2,5-6,8-9,11-14H2,(H,19,20)(H,21,23). The van der Waals surface area contributed by atoms with Gasteiger partial charge in [0, 0.05) is 38.3 Å². The van der Waals surface area contributed by atoms with Crippen molar-refractivity contribution in [3.05, 3.63) is 24.4 Å². The number of amides is 1. The lowest BCUT2D eigenvalue weighted by Gasteiger charge is -2.17. The van der Waals surface area contributed by atoms with Gasteiger partial charge < -0.3 is 15.5 Å². The molecule has 0 spiro atoms. The molecule has 0 radical (unpaired) electrons. The molecule has 1 aliphatic carbocycles. The number of hydrogen-bond acceptors (Lipinski definition) is 4. The van der Waals surface area contributed by atoms with Gasteiger partial charge in [-0.1, -0.05) is 18.9 Å². The average Bonchev–Trinajstić information content (AvgIpc) is 3.24. The predicted molar refractivity (Wildman–Crippen MR) is 92.3 cm³/mol. The number of nitrogens with zero attached hydrogens (tertiary/aromatic N) is 2. The highest BCUT2D eigenvalue weighted by Crippen LogP contribution is 2.19. The molecule has 0 bridgehead atoms. The first-order valence-corrected chi connectivity index (χ1v) is 8.96. The van der Waals surface area contributed by atoms with Crippen molar-refractivity contribution in [3.63, 3.8) is 0 Å². The zero-order chi connectivity index (χ0) is 15.9. The Hall–Kier alpha value is -1.62. The molecule has 1 aromatic rings. The van der Waals surface area contributed by atoms with Gasteiger partial charge >= 0.3 is 0 Å². The maximum absolute atomic E-state index is 12.0. The molecule has 2 heterocycles. The summed E-state index contributed by atoms with van der Waals surface area (Å²) in [6.07, 6.45) is 8.50. The van der Waals surface area contributed by atoms with Crippen LogP contribution < -0.4 is 10.6 Å². The third-order valence-electron chi connectivity index (χ3n) is 4.98. The van der Waals surface area contributed by atoms with Crippen molar-refractivity contribution in [1.29, 1.82) is 0 Å². The lowest BCUT2D eigenvalue weighted by molar-refractivity contribution is -0.122. The van der Waals surface area contributed by atoms with Crippen LogP contribution in [0.15, 0.2) is 24.4 Å². The number of rotatable bonds is 7. The van der Waals surface area contributed by atoms with Crippen LogP contribution in [0.4, 0.5) is 5.82 Å². The summed E-state index contributed by atoms with van der Waals surface area (Å²) in [6, 6.07) is 6.37. The van der Waals surface area contributed by atoms with Crippen molar-refractivity contribution < 1.29 is 4.79 Å². The fourth-order valence-corrected chi connectivity index (χ4v) is 3.63. The first kappa shape index (κ1) is 16.2. The first-order chi connectivity index (χ1) is 11.3. The highest BCUT2D eigenvalue weighted by Gasteiger charge is 2.23. The van der Waals surface area contributed by atoms with Gasteiger partial charge in [-0.3, -0.25) is 4.79 Å². The van der Waals surface area contributed by atoms with Crippen LogP contribution in [0.5, 0.6) is 0 Å². The summed E-state index contributed by atoms with van der Waals surface area (Å²) in [5.74, 6) is 1.82. The largest absolute Gasteiger partial charge is 0.370 e. The van der Waals surface area contributed by atoms with Crippen LogP contribution in [0.1, 0.15) is 38.5 Å². The van der Waals surface area contributed by atoms with E-state index in [-0.39, 0.29) is 5.91 Å². The minimum Gasteiger partial charge on any atom is -0.370 e. The Balaban J connectivity index is 1.31. The van der Waals surface area contributed by atoms with Crippen LogP contribution in [-0.2, 0) is 4.79 Å². The van der Waals surface area contributed by atoms with Gasteiger partial charge in [0.2, 0.25) is 5.91 Å². The lowest BCUT2D eigenvalue weighted by Crippen LogP contribution is -2.35. The van der Waals surface area contributed by atoms with E-state index in [4.69, 9.17) is 0 Å². The van der Waals surface area contributed by atoms with Gasteiger partial charge in [0.25, 0.3) is 0 Å². The van der Waals surface area contributed by atoms with E-state index in [1.54, 1.807) is 0 Å². The smallest absolute Gasteiger partial charge is 0.221 e. The third kappa shape index (κ3) is 5.20. The zero-order valence-corrected chi connectivity index (χ0v) is 13.8. The molecule has 2 fully saturated rings. The first-order valence-electron chi connectivity index (χ1n) is 8.96. The van der Waals surface area contributed by atoms with Gasteiger partial charge in [-0.05, 0) is 43.9 Å². The molecule has 3 rings (SSSR count). The minimum absolute atomic E-state index is 0.229. The average molecular weight is 316 g/mol. The summed E-state index contributed by atoms with van der Waals surface area (Å²) in [7, 11) is 0. The molecule has 2 aliphatic rings. The number of likely N-dealkylation sites (tertiary alicyclic amines) is 1. The molecule has 1 unspecified atom stereocenters. The van der Waals surface area contributed by atoms with E-state index < -0.39 is 0 Å².